The van der Waals surface area contributed by atoms with Gasteiger partial charge in [0.25, 0.3) is 5.91 Å². The van der Waals surface area contributed by atoms with Crippen LogP contribution in [0, 0.1) is 0 Å². The predicted octanol–water partition coefficient (Wildman–Crippen LogP) is 1.08. The van der Waals surface area contributed by atoms with Crippen LogP contribution in [0.4, 0.5) is 0 Å². The van der Waals surface area contributed by atoms with E-state index in [1.807, 2.05) is 16.3 Å². The third kappa shape index (κ3) is 2.88. The highest BCUT2D eigenvalue weighted by atomic mass is 32.1. The minimum atomic E-state index is 0.110. The maximum Gasteiger partial charge on any atom is 0.264 e. The summed E-state index contributed by atoms with van der Waals surface area (Å²) in [5.41, 5.74) is 0.920. The van der Waals surface area contributed by atoms with Crippen LogP contribution >= 0.6 is 23.6 Å². The number of amides is 1. The molecule has 1 amide bonds. The van der Waals surface area contributed by atoms with E-state index in [-0.39, 0.29) is 5.91 Å². The van der Waals surface area contributed by atoms with Crippen LogP contribution < -0.4 is 10.6 Å². The monoisotopic (exact) mass is 283 g/mol. The average Bonchev–Trinajstić information content (AvgIpc) is 2.86. The van der Waals surface area contributed by atoms with Crippen molar-refractivity contribution in [2.45, 2.75) is 13.0 Å². The van der Waals surface area contributed by atoms with Gasteiger partial charge in [-0.3, -0.25) is 4.79 Å². The van der Waals surface area contributed by atoms with Gasteiger partial charge in [0.1, 0.15) is 4.99 Å². The smallest absolute Gasteiger partial charge is 0.264 e. The maximum absolute atomic E-state index is 12.3. The van der Waals surface area contributed by atoms with Crippen molar-refractivity contribution in [3.8, 4) is 0 Å². The predicted molar refractivity (Wildman–Crippen MR) is 78.4 cm³/mol. The van der Waals surface area contributed by atoms with Crippen LogP contribution in [0.5, 0.6) is 0 Å². The van der Waals surface area contributed by atoms with Crippen molar-refractivity contribution in [1.82, 2.24) is 15.5 Å². The van der Waals surface area contributed by atoms with E-state index < -0.39 is 0 Å². The van der Waals surface area contributed by atoms with Crippen molar-refractivity contribution < 1.29 is 4.79 Å². The molecule has 1 aliphatic heterocycles. The van der Waals surface area contributed by atoms with Crippen molar-refractivity contribution in [3.05, 3.63) is 21.9 Å². The minimum Gasteiger partial charge on any atom is -0.379 e. The molecule has 1 fully saturated rings. The zero-order chi connectivity index (χ0) is 13.1. The van der Waals surface area contributed by atoms with Gasteiger partial charge in [-0.15, -0.1) is 11.3 Å². The summed E-state index contributed by atoms with van der Waals surface area (Å²) in [6.07, 6.45) is 0. The molecule has 2 rings (SSSR count). The van der Waals surface area contributed by atoms with E-state index in [0.717, 1.165) is 30.1 Å². The molecule has 0 spiro atoms. The molecule has 1 saturated heterocycles. The van der Waals surface area contributed by atoms with Crippen LogP contribution in [-0.4, -0.2) is 48.5 Å². The second-order valence-corrected chi connectivity index (χ2v) is 5.70. The van der Waals surface area contributed by atoms with Gasteiger partial charge in [0.2, 0.25) is 0 Å². The molecule has 98 valence electrons. The number of thiophene rings is 1. The van der Waals surface area contributed by atoms with Gasteiger partial charge in [-0.25, -0.2) is 0 Å². The van der Waals surface area contributed by atoms with Gasteiger partial charge < -0.3 is 15.5 Å². The van der Waals surface area contributed by atoms with Crippen LogP contribution in [0.2, 0.25) is 0 Å². The Hall–Kier alpha value is -0.980. The molecule has 0 aromatic carbocycles. The molecule has 0 radical (unpaired) electrons. The number of nitrogens with zero attached hydrogens (tertiary/aromatic N) is 1. The minimum absolute atomic E-state index is 0.110. The SMILES string of the molecule is CNC(=S)c1csc(C(=O)N2CCN[C@@H](C)C2)c1. The van der Waals surface area contributed by atoms with Gasteiger partial charge in [-0.2, -0.15) is 0 Å². The molecule has 0 unspecified atom stereocenters. The summed E-state index contributed by atoms with van der Waals surface area (Å²) in [5.74, 6) is 0.110. The Balaban J connectivity index is 2.08. The van der Waals surface area contributed by atoms with E-state index >= 15 is 0 Å². The van der Waals surface area contributed by atoms with Crippen LogP contribution in [0.15, 0.2) is 11.4 Å². The fraction of sp³-hybridized carbons (Fsp3) is 0.500. The summed E-state index contributed by atoms with van der Waals surface area (Å²) in [6, 6.07) is 2.24. The molecular weight excluding hydrogens is 266 g/mol. The molecular formula is C12H17N3OS2. The van der Waals surface area contributed by atoms with Crippen LogP contribution in [0.1, 0.15) is 22.2 Å². The Kier molecular flexibility index (Phi) is 4.31. The quantitative estimate of drug-likeness (QED) is 0.797. The fourth-order valence-corrected chi connectivity index (χ4v) is 3.04. The van der Waals surface area contributed by atoms with Gasteiger partial charge in [0, 0.05) is 43.7 Å². The Morgan fingerprint density at radius 1 is 1.67 bits per heavy atom. The zero-order valence-electron chi connectivity index (χ0n) is 10.5. The van der Waals surface area contributed by atoms with Crippen LogP contribution in [0.3, 0.4) is 0 Å². The molecule has 2 N–H and O–H groups in total. The second kappa shape index (κ2) is 5.77. The van der Waals surface area contributed by atoms with Gasteiger partial charge >= 0.3 is 0 Å². The molecule has 4 nitrogen and oxygen atoms in total. The zero-order valence-corrected chi connectivity index (χ0v) is 12.2. The largest absolute Gasteiger partial charge is 0.379 e. The standard InChI is InChI=1S/C12H17N3OS2/c1-8-6-15(4-3-14-8)12(16)10-5-9(7-18-10)11(17)13-2/h5,7-8,14H,3-4,6H2,1-2H3,(H,13,17)/t8-/m0/s1. The molecule has 0 saturated carbocycles. The molecule has 1 atom stereocenters. The highest BCUT2D eigenvalue weighted by Crippen LogP contribution is 2.18. The molecule has 0 aliphatic carbocycles. The first kappa shape index (κ1) is 13.5. The van der Waals surface area contributed by atoms with E-state index in [4.69, 9.17) is 12.2 Å². The Morgan fingerprint density at radius 2 is 2.44 bits per heavy atom. The maximum atomic E-state index is 12.3. The van der Waals surface area contributed by atoms with Crippen molar-refractivity contribution in [2.24, 2.45) is 0 Å². The summed E-state index contributed by atoms with van der Waals surface area (Å²) in [6.45, 7) is 4.49. The van der Waals surface area contributed by atoms with Crippen molar-refractivity contribution in [3.63, 3.8) is 0 Å². The first-order valence-corrected chi connectivity index (χ1v) is 7.24. The molecule has 1 aromatic rings. The van der Waals surface area contributed by atoms with Crippen molar-refractivity contribution >= 4 is 34.5 Å². The van der Waals surface area contributed by atoms with Crippen molar-refractivity contribution in [1.29, 1.82) is 0 Å². The topological polar surface area (TPSA) is 44.4 Å². The van der Waals surface area contributed by atoms with E-state index in [1.165, 1.54) is 11.3 Å². The van der Waals surface area contributed by atoms with Crippen molar-refractivity contribution in [2.75, 3.05) is 26.7 Å². The lowest BCUT2D eigenvalue weighted by molar-refractivity contribution is 0.0714. The van der Waals surface area contributed by atoms with Crippen LogP contribution in [-0.2, 0) is 0 Å². The highest BCUT2D eigenvalue weighted by molar-refractivity contribution is 7.80. The normalized spacial score (nSPS) is 19.7. The van der Waals surface area contributed by atoms with Gasteiger partial charge in [-0.05, 0) is 13.0 Å². The Morgan fingerprint density at radius 3 is 3.11 bits per heavy atom. The summed E-state index contributed by atoms with van der Waals surface area (Å²) in [5, 5.41) is 8.18. The second-order valence-electron chi connectivity index (χ2n) is 4.39. The third-order valence-corrected chi connectivity index (χ3v) is 4.31. The van der Waals surface area contributed by atoms with Gasteiger partial charge in [-0.1, -0.05) is 12.2 Å². The fourth-order valence-electron chi connectivity index (χ4n) is 1.98. The summed E-state index contributed by atoms with van der Waals surface area (Å²) >= 11 is 6.61. The lowest BCUT2D eigenvalue weighted by Gasteiger charge is -2.31. The molecule has 1 aliphatic rings. The lowest BCUT2D eigenvalue weighted by Crippen LogP contribution is -2.51. The van der Waals surface area contributed by atoms with E-state index in [0.29, 0.717) is 11.0 Å². The Labute approximate surface area is 116 Å². The summed E-state index contributed by atoms with van der Waals surface area (Å²) in [4.78, 5) is 15.7. The van der Waals surface area contributed by atoms with E-state index in [1.54, 1.807) is 7.05 Å². The number of hydrogen-bond acceptors (Lipinski definition) is 4. The van der Waals surface area contributed by atoms with E-state index in [2.05, 4.69) is 17.6 Å². The van der Waals surface area contributed by atoms with Gasteiger partial charge in [0.05, 0.1) is 4.88 Å². The lowest BCUT2D eigenvalue weighted by atomic mass is 10.2. The molecule has 6 heteroatoms. The summed E-state index contributed by atoms with van der Waals surface area (Å²) < 4.78 is 0. The molecule has 0 bridgehead atoms. The number of carbonyl (C=O) groups excluding carboxylic acids is 1. The van der Waals surface area contributed by atoms with E-state index in [9.17, 15) is 4.79 Å². The molecule has 2 heterocycles. The number of thiocarbonyl (C=S) groups is 1. The first-order chi connectivity index (χ1) is 8.61. The number of nitrogens with one attached hydrogen (secondary N) is 2. The third-order valence-electron chi connectivity index (χ3n) is 2.96. The number of piperazine rings is 1. The molecule has 1 aromatic heterocycles. The number of rotatable bonds is 2. The number of carbonyl (C=O) groups is 1. The Bertz CT molecular complexity index is 458. The highest BCUT2D eigenvalue weighted by Gasteiger charge is 2.22. The average molecular weight is 283 g/mol. The molecule has 18 heavy (non-hydrogen) atoms. The number of hydrogen-bond donors (Lipinski definition) is 2. The first-order valence-electron chi connectivity index (χ1n) is 5.95. The van der Waals surface area contributed by atoms with Crippen LogP contribution in [0.25, 0.3) is 0 Å². The van der Waals surface area contributed by atoms with Gasteiger partial charge in [0.15, 0.2) is 0 Å². The summed E-state index contributed by atoms with van der Waals surface area (Å²) in [7, 11) is 1.79.